The first kappa shape index (κ1) is 15.2. The van der Waals surface area contributed by atoms with Crippen molar-refractivity contribution in [3.8, 4) is 11.4 Å². The molecule has 2 heterocycles. The van der Waals surface area contributed by atoms with Gasteiger partial charge in [-0.1, -0.05) is 32.0 Å². The van der Waals surface area contributed by atoms with E-state index in [0.717, 1.165) is 29.4 Å². The Morgan fingerprint density at radius 1 is 1.09 bits per heavy atom. The van der Waals surface area contributed by atoms with E-state index in [9.17, 15) is 0 Å². The van der Waals surface area contributed by atoms with Gasteiger partial charge in [-0.15, -0.1) is 0 Å². The van der Waals surface area contributed by atoms with Crippen LogP contribution in [0.3, 0.4) is 0 Å². The monoisotopic (exact) mass is 307 g/mol. The summed E-state index contributed by atoms with van der Waals surface area (Å²) in [4.78, 5) is 13.4. The summed E-state index contributed by atoms with van der Waals surface area (Å²) in [5.41, 5.74) is 2.87. The van der Waals surface area contributed by atoms with Gasteiger partial charge in [0.25, 0.3) is 0 Å². The molecule has 23 heavy (non-hydrogen) atoms. The topological polar surface area (TPSA) is 55.6 Å². The summed E-state index contributed by atoms with van der Waals surface area (Å²) in [5, 5.41) is 3.23. The fraction of sp³-hybridized carbons (Fsp3) is 0.278. The number of nitrogens with one attached hydrogen (secondary N) is 1. The average Bonchev–Trinajstić information content (AvgIpc) is 2.89. The lowest BCUT2D eigenvalue weighted by Crippen LogP contribution is -2.08. The molecule has 0 bridgehead atoms. The van der Waals surface area contributed by atoms with E-state index in [1.54, 1.807) is 6.20 Å². The Hall–Kier alpha value is -2.69. The minimum absolute atomic E-state index is 0.547. The van der Waals surface area contributed by atoms with E-state index < -0.39 is 0 Å². The minimum atomic E-state index is 0.547. The van der Waals surface area contributed by atoms with Crippen molar-refractivity contribution in [3.63, 3.8) is 0 Å². The minimum Gasteiger partial charge on any atom is -0.327 e. The summed E-state index contributed by atoms with van der Waals surface area (Å²) in [7, 11) is 0. The molecule has 0 aliphatic carbocycles. The zero-order chi connectivity index (χ0) is 16.2. The molecule has 0 saturated carbocycles. The lowest BCUT2D eigenvalue weighted by molar-refractivity contribution is 0.517. The third-order valence-corrected chi connectivity index (χ3v) is 3.55. The molecule has 0 fully saturated rings. The van der Waals surface area contributed by atoms with Crippen LogP contribution in [0, 0.1) is 12.8 Å². The van der Waals surface area contributed by atoms with Crippen LogP contribution in [0.15, 0.2) is 48.8 Å². The Balaban J connectivity index is 1.91. The van der Waals surface area contributed by atoms with E-state index in [2.05, 4.69) is 38.7 Å². The Labute approximate surface area is 136 Å². The Morgan fingerprint density at radius 3 is 2.61 bits per heavy atom. The molecule has 1 N–H and O–H groups in total. The van der Waals surface area contributed by atoms with Gasteiger partial charge in [-0.2, -0.15) is 0 Å². The zero-order valence-corrected chi connectivity index (χ0v) is 13.7. The summed E-state index contributed by atoms with van der Waals surface area (Å²) < 4.78 is 2.21. The molecule has 118 valence electrons. The fourth-order valence-electron chi connectivity index (χ4n) is 2.48. The second kappa shape index (κ2) is 6.60. The molecule has 1 aromatic carbocycles. The SMILES string of the molecule is Cc1ncc(-c2ccnc(Nc3ccccc3)n2)n1CC(C)C. The summed E-state index contributed by atoms with van der Waals surface area (Å²) in [5.74, 6) is 2.14. The van der Waals surface area contributed by atoms with Crippen LogP contribution in [0.1, 0.15) is 19.7 Å². The summed E-state index contributed by atoms with van der Waals surface area (Å²) in [6, 6.07) is 11.8. The number of hydrogen-bond donors (Lipinski definition) is 1. The summed E-state index contributed by atoms with van der Waals surface area (Å²) >= 11 is 0. The zero-order valence-electron chi connectivity index (χ0n) is 13.7. The number of para-hydroxylation sites is 1. The van der Waals surface area contributed by atoms with Crippen molar-refractivity contribution in [1.29, 1.82) is 0 Å². The van der Waals surface area contributed by atoms with E-state index in [4.69, 9.17) is 0 Å². The second-order valence-electron chi connectivity index (χ2n) is 5.95. The van der Waals surface area contributed by atoms with Crippen LogP contribution in [0.2, 0.25) is 0 Å². The number of imidazole rings is 1. The highest BCUT2D eigenvalue weighted by Gasteiger charge is 2.12. The van der Waals surface area contributed by atoms with Gasteiger partial charge in [-0.05, 0) is 31.0 Å². The van der Waals surface area contributed by atoms with Crippen LogP contribution >= 0.6 is 0 Å². The van der Waals surface area contributed by atoms with E-state index in [-0.39, 0.29) is 0 Å². The van der Waals surface area contributed by atoms with Crippen molar-refractivity contribution in [1.82, 2.24) is 19.5 Å². The first-order valence-corrected chi connectivity index (χ1v) is 7.81. The number of aromatic nitrogens is 4. The molecule has 0 aliphatic rings. The van der Waals surface area contributed by atoms with E-state index >= 15 is 0 Å². The molecule has 0 spiro atoms. The van der Waals surface area contributed by atoms with E-state index in [1.165, 1.54) is 0 Å². The summed E-state index contributed by atoms with van der Waals surface area (Å²) in [6.07, 6.45) is 3.65. The number of rotatable bonds is 5. The van der Waals surface area contributed by atoms with Crippen LogP contribution in [0.5, 0.6) is 0 Å². The second-order valence-corrected chi connectivity index (χ2v) is 5.95. The molecule has 0 saturated heterocycles. The van der Waals surface area contributed by atoms with Crippen molar-refractivity contribution >= 4 is 11.6 Å². The van der Waals surface area contributed by atoms with Gasteiger partial charge in [0.05, 0.1) is 17.6 Å². The van der Waals surface area contributed by atoms with Gasteiger partial charge in [-0.3, -0.25) is 0 Å². The molecular weight excluding hydrogens is 286 g/mol. The van der Waals surface area contributed by atoms with E-state index in [1.807, 2.05) is 49.5 Å². The maximum atomic E-state index is 4.64. The number of nitrogens with zero attached hydrogens (tertiary/aromatic N) is 4. The van der Waals surface area contributed by atoms with Gasteiger partial charge in [0, 0.05) is 18.4 Å². The lowest BCUT2D eigenvalue weighted by atomic mass is 10.2. The standard InChI is InChI=1S/C18H21N5/c1-13(2)12-23-14(3)20-11-17(23)16-9-10-19-18(22-16)21-15-7-5-4-6-8-15/h4-11,13H,12H2,1-3H3,(H,19,21,22). The number of anilines is 2. The van der Waals surface area contributed by atoms with Gasteiger partial charge in [0.15, 0.2) is 0 Å². The average molecular weight is 307 g/mol. The lowest BCUT2D eigenvalue weighted by Gasteiger charge is -2.13. The van der Waals surface area contributed by atoms with Crippen LogP contribution in [-0.2, 0) is 6.54 Å². The Morgan fingerprint density at radius 2 is 1.87 bits per heavy atom. The largest absolute Gasteiger partial charge is 0.327 e. The third-order valence-electron chi connectivity index (χ3n) is 3.55. The molecule has 3 aromatic rings. The Bertz CT molecular complexity index is 777. The van der Waals surface area contributed by atoms with Crippen molar-refractivity contribution in [2.75, 3.05) is 5.32 Å². The maximum Gasteiger partial charge on any atom is 0.227 e. The van der Waals surface area contributed by atoms with Gasteiger partial charge in [0.2, 0.25) is 5.95 Å². The van der Waals surface area contributed by atoms with Crippen LogP contribution in [0.4, 0.5) is 11.6 Å². The van der Waals surface area contributed by atoms with Gasteiger partial charge in [-0.25, -0.2) is 15.0 Å². The number of hydrogen-bond acceptors (Lipinski definition) is 4. The van der Waals surface area contributed by atoms with Gasteiger partial charge >= 0.3 is 0 Å². The smallest absolute Gasteiger partial charge is 0.227 e. The fourth-order valence-corrected chi connectivity index (χ4v) is 2.48. The highest BCUT2D eigenvalue weighted by Crippen LogP contribution is 2.21. The summed E-state index contributed by atoms with van der Waals surface area (Å²) in [6.45, 7) is 7.35. The normalized spacial score (nSPS) is 11.0. The molecule has 0 unspecified atom stereocenters. The van der Waals surface area contributed by atoms with Crippen molar-refractivity contribution in [3.05, 3.63) is 54.6 Å². The highest BCUT2D eigenvalue weighted by atomic mass is 15.1. The van der Waals surface area contributed by atoms with Gasteiger partial charge in [0.1, 0.15) is 5.82 Å². The molecule has 3 rings (SSSR count). The predicted molar refractivity (Wildman–Crippen MR) is 92.6 cm³/mol. The Kier molecular flexibility index (Phi) is 4.37. The molecule has 0 amide bonds. The third kappa shape index (κ3) is 3.56. The van der Waals surface area contributed by atoms with Crippen molar-refractivity contribution in [2.45, 2.75) is 27.3 Å². The van der Waals surface area contributed by atoms with E-state index in [0.29, 0.717) is 11.9 Å². The number of benzene rings is 1. The molecule has 2 aromatic heterocycles. The predicted octanol–water partition coefficient (Wildman–Crippen LogP) is 4.05. The molecule has 5 nitrogen and oxygen atoms in total. The first-order valence-electron chi connectivity index (χ1n) is 7.81. The quantitative estimate of drug-likeness (QED) is 0.772. The molecule has 0 aliphatic heterocycles. The maximum absolute atomic E-state index is 4.64. The van der Waals surface area contributed by atoms with Gasteiger partial charge < -0.3 is 9.88 Å². The van der Waals surface area contributed by atoms with Crippen molar-refractivity contribution in [2.24, 2.45) is 5.92 Å². The van der Waals surface area contributed by atoms with Crippen molar-refractivity contribution < 1.29 is 0 Å². The van der Waals surface area contributed by atoms with Crippen LogP contribution < -0.4 is 5.32 Å². The van der Waals surface area contributed by atoms with Crippen LogP contribution in [-0.4, -0.2) is 19.5 Å². The van der Waals surface area contributed by atoms with Crippen LogP contribution in [0.25, 0.3) is 11.4 Å². The highest BCUT2D eigenvalue weighted by molar-refractivity contribution is 5.59. The molecule has 0 radical (unpaired) electrons. The molecule has 5 heteroatoms. The molecular formula is C18H21N5. The number of aryl methyl sites for hydroxylation is 1. The first-order chi connectivity index (χ1) is 11.1. The molecule has 0 atom stereocenters.